The normalized spacial score (nSPS) is 11.6. The minimum Gasteiger partial charge on any atom is -0.207 e. The Morgan fingerprint density at radius 1 is 1.10 bits per heavy atom. The molecule has 6 heteroatoms. The molecule has 0 aliphatic heterocycles. The quantitative estimate of drug-likeness (QED) is 0.856. The van der Waals surface area contributed by atoms with Gasteiger partial charge >= 0.3 is 0 Å². The zero-order valence-corrected chi connectivity index (χ0v) is 13.0. The maximum atomic E-state index is 13.0. The van der Waals surface area contributed by atoms with Crippen LogP contribution in [-0.2, 0) is 22.4 Å². The molecule has 0 spiro atoms. The van der Waals surface area contributed by atoms with Crippen LogP contribution in [0, 0.1) is 12.7 Å². The Bertz CT molecular complexity index is 730. The lowest BCUT2D eigenvalue weighted by Gasteiger charge is -2.09. The summed E-state index contributed by atoms with van der Waals surface area (Å²) < 4.78 is 40.0. The van der Waals surface area contributed by atoms with E-state index in [1.165, 1.54) is 12.1 Å². The summed E-state index contributed by atoms with van der Waals surface area (Å²) in [5.41, 5.74) is 2.17. The van der Waals surface area contributed by atoms with E-state index in [9.17, 15) is 12.8 Å². The van der Waals surface area contributed by atoms with Gasteiger partial charge in [0.15, 0.2) is 0 Å². The van der Waals surface area contributed by atoms with Crippen LogP contribution in [0.1, 0.15) is 16.7 Å². The van der Waals surface area contributed by atoms with Crippen molar-refractivity contribution in [2.45, 2.75) is 24.2 Å². The number of rotatable bonds is 5. The second-order valence-corrected chi connectivity index (χ2v) is 6.69. The van der Waals surface area contributed by atoms with Crippen molar-refractivity contribution in [1.82, 2.24) is 4.72 Å². The Morgan fingerprint density at radius 3 is 2.29 bits per heavy atom. The molecule has 0 radical (unpaired) electrons. The minimum atomic E-state index is -3.66. The predicted molar refractivity (Wildman–Crippen MR) is 81.2 cm³/mol. The van der Waals surface area contributed by atoms with Crippen LogP contribution in [0.5, 0.6) is 0 Å². The average Bonchev–Trinajstić information content (AvgIpc) is 2.45. The molecular formula is C15H15ClFNO2S. The Hall–Kier alpha value is -1.43. The molecule has 2 rings (SSSR count). The highest BCUT2D eigenvalue weighted by Crippen LogP contribution is 2.16. The lowest BCUT2D eigenvalue weighted by atomic mass is 10.1. The Morgan fingerprint density at radius 2 is 1.71 bits per heavy atom. The van der Waals surface area contributed by atoms with Crippen molar-refractivity contribution in [3.63, 3.8) is 0 Å². The monoisotopic (exact) mass is 327 g/mol. The SMILES string of the molecule is Cc1cc(F)ccc1S(=O)(=O)NCc1ccc(CCl)cc1. The molecule has 0 bridgehead atoms. The summed E-state index contributed by atoms with van der Waals surface area (Å²) >= 11 is 5.70. The van der Waals surface area contributed by atoms with Crippen molar-refractivity contribution in [2.24, 2.45) is 0 Å². The van der Waals surface area contributed by atoms with Crippen LogP contribution in [0.15, 0.2) is 47.4 Å². The van der Waals surface area contributed by atoms with Crippen LogP contribution in [0.2, 0.25) is 0 Å². The zero-order chi connectivity index (χ0) is 15.5. The number of halogens is 2. The highest BCUT2D eigenvalue weighted by molar-refractivity contribution is 7.89. The summed E-state index contributed by atoms with van der Waals surface area (Å²) in [6.45, 7) is 1.73. The van der Waals surface area contributed by atoms with Crippen molar-refractivity contribution in [3.05, 3.63) is 65.0 Å². The first-order valence-electron chi connectivity index (χ1n) is 6.32. The van der Waals surface area contributed by atoms with E-state index in [0.717, 1.165) is 17.2 Å². The summed E-state index contributed by atoms with van der Waals surface area (Å²) in [5, 5.41) is 0. The third-order valence-electron chi connectivity index (χ3n) is 3.07. The number of sulfonamides is 1. The molecule has 0 aromatic heterocycles. The molecule has 2 aromatic carbocycles. The molecule has 112 valence electrons. The standard InChI is InChI=1S/C15H15ClFNO2S/c1-11-8-14(17)6-7-15(11)21(19,20)18-10-13-4-2-12(9-16)3-5-13/h2-8,18H,9-10H2,1H3. The van der Waals surface area contributed by atoms with Crippen LogP contribution < -0.4 is 4.72 Å². The Kier molecular flexibility index (Phi) is 4.98. The maximum absolute atomic E-state index is 13.0. The van der Waals surface area contributed by atoms with Gasteiger partial charge in [-0.25, -0.2) is 17.5 Å². The number of aryl methyl sites for hydroxylation is 1. The number of nitrogens with one attached hydrogen (secondary N) is 1. The van der Waals surface area contributed by atoms with Crippen molar-refractivity contribution in [1.29, 1.82) is 0 Å². The molecule has 0 unspecified atom stereocenters. The van der Waals surface area contributed by atoms with Gasteiger partial charge < -0.3 is 0 Å². The summed E-state index contributed by atoms with van der Waals surface area (Å²) in [5.74, 6) is -0.0380. The molecule has 0 saturated heterocycles. The molecule has 0 atom stereocenters. The van der Waals surface area contributed by atoms with Gasteiger partial charge in [-0.3, -0.25) is 0 Å². The molecule has 0 fully saturated rings. The van der Waals surface area contributed by atoms with Gasteiger partial charge in [0, 0.05) is 12.4 Å². The predicted octanol–water partition coefficient (Wildman–Crippen LogP) is 3.35. The fourth-order valence-corrected chi connectivity index (χ4v) is 3.34. The van der Waals surface area contributed by atoms with E-state index in [4.69, 9.17) is 11.6 Å². The van der Waals surface area contributed by atoms with E-state index >= 15 is 0 Å². The van der Waals surface area contributed by atoms with Gasteiger partial charge in [0.25, 0.3) is 0 Å². The van der Waals surface area contributed by atoms with Crippen molar-refractivity contribution >= 4 is 21.6 Å². The first-order valence-corrected chi connectivity index (χ1v) is 8.34. The van der Waals surface area contributed by atoms with Gasteiger partial charge in [-0.05, 0) is 41.8 Å². The van der Waals surface area contributed by atoms with Crippen LogP contribution in [0.25, 0.3) is 0 Å². The molecule has 0 amide bonds. The third-order valence-corrected chi connectivity index (χ3v) is 4.94. The average molecular weight is 328 g/mol. The van der Waals surface area contributed by atoms with E-state index in [1.807, 2.05) is 24.3 Å². The fraction of sp³-hybridized carbons (Fsp3) is 0.200. The number of benzene rings is 2. The van der Waals surface area contributed by atoms with Gasteiger partial charge in [-0.1, -0.05) is 24.3 Å². The summed E-state index contributed by atoms with van der Waals surface area (Å²) in [6, 6.07) is 10.9. The number of alkyl halides is 1. The van der Waals surface area contributed by atoms with E-state index in [1.54, 1.807) is 6.92 Å². The molecular weight excluding hydrogens is 313 g/mol. The van der Waals surface area contributed by atoms with E-state index in [0.29, 0.717) is 11.4 Å². The van der Waals surface area contributed by atoms with Crippen LogP contribution >= 0.6 is 11.6 Å². The highest BCUT2D eigenvalue weighted by atomic mass is 35.5. The number of hydrogen-bond acceptors (Lipinski definition) is 2. The Balaban J connectivity index is 2.13. The van der Waals surface area contributed by atoms with Gasteiger partial charge in [0.2, 0.25) is 10.0 Å². The molecule has 0 aliphatic rings. The highest BCUT2D eigenvalue weighted by Gasteiger charge is 2.16. The third kappa shape index (κ3) is 4.03. The first-order chi connectivity index (χ1) is 9.92. The van der Waals surface area contributed by atoms with Gasteiger partial charge in [-0.2, -0.15) is 0 Å². The van der Waals surface area contributed by atoms with Gasteiger partial charge in [-0.15, -0.1) is 11.6 Å². The van der Waals surface area contributed by atoms with Crippen LogP contribution in [-0.4, -0.2) is 8.42 Å². The van der Waals surface area contributed by atoms with Crippen molar-refractivity contribution < 1.29 is 12.8 Å². The van der Waals surface area contributed by atoms with Gasteiger partial charge in [0.05, 0.1) is 4.90 Å². The van der Waals surface area contributed by atoms with Crippen molar-refractivity contribution in [3.8, 4) is 0 Å². The summed E-state index contributed by atoms with van der Waals surface area (Å²) in [6.07, 6.45) is 0. The minimum absolute atomic E-state index is 0.0845. The lowest BCUT2D eigenvalue weighted by Crippen LogP contribution is -2.24. The van der Waals surface area contributed by atoms with E-state index in [-0.39, 0.29) is 11.4 Å². The maximum Gasteiger partial charge on any atom is 0.241 e. The summed E-state index contributed by atoms with van der Waals surface area (Å²) in [4.78, 5) is 0.0845. The second kappa shape index (κ2) is 6.56. The molecule has 2 aromatic rings. The van der Waals surface area contributed by atoms with Gasteiger partial charge in [0.1, 0.15) is 5.82 Å². The second-order valence-electron chi connectivity index (χ2n) is 4.68. The number of hydrogen-bond donors (Lipinski definition) is 1. The molecule has 3 nitrogen and oxygen atoms in total. The lowest BCUT2D eigenvalue weighted by molar-refractivity contribution is 0.579. The molecule has 1 N–H and O–H groups in total. The Labute approximate surface area is 128 Å². The first kappa shape index (κ1) is 15.9. The van der Waals surface area contributed by atoms with Crippen LogP contribution in [0.3, 0.4) is 0 Å². The summed E-state index contributed by atoms with van der Waals surface area (Å²) in [7, 11) is -3.66. The molecule has 0 saturated carbocycles. The fourth-order valence-electron chi connectivity index (χ4n) is 1.92. The van der Waals surface area contributed by atoms with E-state index < -0.39 is 15.8 Å². The molecule has 0 heterocycles. The van der Waals surface area contributed by atoms with Crippen molar-refractivity contribution in [2.75, 3.05) is 0 Å². The molecule has 21 heavy (non-hydrogen) atoms. The zero-order valence-electron chi connectivity index (χ0n) is 11.4. The topological polar surface area (TPSA) is 46.2 Å². The largest absolute Gasteiger partial charge is 0.241 e. The molecule has 0 aliphatic carbocycles. The van der Waals surface area contributed by atoms with E-state index in [2.05, 4.69) is 4.72 Å². The smallest absolute Gasteiger partial charge is 0.207 e. The van der Waals surface area contributed by atoms with Crippen LogP contribution in [0.4, 0.5) is 4.39 Å².